The Bertz CT molecular complexity index is 1080. The van der Waals surface area contributed by atoms with Crippen LogP contribution in [0.5, 0.6) is 11.5 Å². The lowest BCUT2D eigenvalue weighted by Crippen LogP contribution is -2.39. The number of aromatic nitrogens is 4. The Morgan fingerprint density at radius 3 is 2.97 bits per heavy atom. The van der Waals surface area contributed by atoms with Crippen molar-refractivity contribution < 1.29 is 13.9 Å². The Morgan fingerprint density at radius 1 is 1.38 bits per heavy atom. The average molecular weight is 394 g/mol. The van der Waals surface area contributed by atoms with E-state index in [-0.39, 0.29) is 23.1 Å². The normalized spacial score (nSPS) is 16.4. The van der Waals surface area contributed by atoms with Gasteiger partial charge in [-0.2, -0.15) is 15.5 Å². The van der Waals surface area contributed by atoms with Crippen molar-refractivity contribution in [2.24, 2.45) is 7.05 Å². The summed E-state index contributed by atoms with van der Waals surface area (Å²) in [5.41, 5.74) is 1.49. The van der Waals surface area contributed by atoms with Gasteiger partial charge in [0.2, 0.25) is 0 Å². The fourth-order valence-electron chi connectivity index (χ4n) is 3.54. The zero-order chi connectivity index (χ0) is 20.4. The van der Waals surface area contributed by atoms with Gasteiger partial charge in [-0.15, -0.1) is 0 Å². The first-order chi connectivity index (χ1) is 14.0. The summed E-state index contributed by atoms with van der Waals surface area (Å²) < 4.78 is 21.5. The Kier molecular flexibility index (Phi) is 4.99. The molecule has 1 amide bonds. The number of nitriles is 1. The van der Waals surface area contributed by atoms with Crippen LogP contribution in [0.3, 0.4) is 0 Å². The van der Waals surface area contributed by atoms with Crippen LogP contribution in [-0.2, 0) is 7.05 Å². The number of nitrogens with one attached hydrogen (secondary N) is 1. The van der Waals surface area contributed by atoms with Crippen LogP contribution >= 0.6 is 0 Å². The molecule has 1 fully saturated rings. The van der Waals surface area contributed by atoms with E-state index in [2.05, 4.69) is 15.3 Å². The SMILES string of the molecule is Cn1cc(C(=O)N2CCCC(c3[nH]ncc3Oc3ccc(C#N)cc3F)C2)cn1. The summed E-state index contributed by atoms with van der Waals surface area (Å²) in [5.74, 6) is -0.264. The molecule has 1 unspecified atom stereocenters. The number of nitrogens with zero attached hydrogens (tertiary/aromatic N) is 5. The third-order valence-corrected chi connectivity index (χ3v) is 4.98. The maximum atomic E-state index is 14.2. The molecule has 2 aromatic heterocycles. The second-order valence-electron chi connectivity index (χ2n) is 7.00. The highest BCUT2D eigenvalue weighted by molar-refractivity contribution is 5.93. The van der Waals surface area contributed by atoms with E-state index in [9.17, 15) is 9.18 Å². The molecule has 1 saturated heterocycles. The standard InChI is InChI=1S/C20H19FN6O2/c1-26-11-15(9-24-26)20(28)27-6-2-3-14(12-27)19-18(10-23-25-19)29-17-5-4-13(8-22)7-16(17)21/h4-5,7,9-11,14H,2-3,6,12H2,1H3,(H,23,25). The molecule has 1 atom stereocenters. The van der Waals surface area contributed by atoms with E-state index in [1.165, 1.54) is 18.3 Å². The van der Waals surface area contributed by atoms with Crippen molar-refractivity contribution in [3.63, 3.8) is 0 Å². The molecule has 3 heterocycles. The van der Waals surface area contributed by atoms with E-state index in [1.807, 2.05) is 6.07 Å². The number of aryl methyl sites for hydroxylation is 1. The summed E-state index contributed by atoms with van der Waals surface area (Å²) in [6.07, 6.45) is 6.44. The maximum absolute atomic E-state index is 14.2. The molecule has 29 heavy (non-hydrogen) atoms. The molecule has 1 aromatic carbocycles. The third-order valence-electron chi connectivity index (χ3n) is 4.98. The summed E-state index contributed by atoms with van der Waals surface area (Å²) in [6, 6.07) is 5.93. The number of halogens is 1. The molecule has 8 nitrogen and oxygen atoms in total. The number of amides is 1. The van der Waals surface area contributed by atoms with Crippen molar-refractivity contribution >= 4 is 5.91 Å². The number of hydrogen-bond acceptors (Lipinski definition) is 5. The molecule has 0 radical (unpaired) electrons. The number of H-pyrrole nitrogens is 1. The predicted octanol–water partition coefficient (Wildman–Crippen LogP) is 2.97. The van der Waals surface area contributed by atoms with Crippen LogP contribution in [0, 0.1) is 17.1 Å². The molecule has 0 aliphatic carbocycles. The van der Waals surface area contributed by atoms with Crippen molar-refractivity contribution in [2.45, 2.75) is 18.8 Å². The number of hydrogen-bond donors (Lipinski definition) is 1. The summed E-state index contributed by atoms with van der Waals surface area (Å²) in [4.78, 5) is 14.5. The minimum absolute atomic E-state index is 0.0108. The third kappa shape index (κ3) is 3.82. The van der Waals surface area contributed by atoms with Gasteiger partial charge >= 0.3 is 0 Å². The Balaban J connectivity index is 1.51. The first kappa shape index (κ1) is 18.7. The highest BCUT2D eigenvalue weighted by Crippen LogP contribution is 2.35. The van der Waals surface area contributed by atoms with E-state index in [0.717, 1.165) is 24.6 Å². The number of rotatable bonds is 4. The van der Waals surface area contributed by atoms with Gasteiger partial charge in [-0.3, -0.25) is 14.6 Å². The van der Waals surface area contributed by atoms with Crippen LogP contribution in [0.25, 0.3) is 0 Å². The summed E-state index contributed by atoms with van der Waals surface area (Å²) in [7, 11) is 1.77. The lowest BCUT2D eigenvalue weighted by molar-refractivity contribution is 0.0705. The topological polar surface area (TPSA) is 99.8 Å². The monoisotopic (exact) mass is 394 g/mol. The molecule has 1 aliphatic rings. The van der Waals surface area contributed by atoms with Crippen molar-refractivity contribution in [1.82, 2.24) is 24.9 Å². The van der Waals surface area contributed by atoms with E-state index in [1.54, 1.807) is 29.0 Å². The Hall–Kier alpha value is -3.67. The second kappa shape index (κ2) is 7.75. The molecule has 148 valence electrons. The molecular weight excluding hydrogens is 375 g/mol. The van der Waals surface area contributed by atoms with Crippen LogP contribution in [-0.4, -0.2) is 43.9 Å². The summed E-state index contributed by atoms with van der Waals surface area (Å²) in [5, 5.41) is 19.9. The van der Waals surface area contributed by atoms with E-state index < -0.39 is 5.82 Å². The van der Waals surface area contributed by atoms with Gasteiger partial charge in [-0.1, -0.05) is 0 Å². The van der Waals surface area contributed by atoms with Gasteiger partial charge in [0.05, 0.1) is 35.3 Å². The number of piperidine rings is 1. The van der Waals surface area contributed by atoms with Crippen LogP contribution in [0.2, 0.25) is 0 Å². The largest absolute Gasteiger partial charge is 0.451 e. The lowest BCUT2D eigenvalue weighted by Gasteiger charge is -2.32. The molecule has 3 aromatic rings. The minimum atomic E-state index is -0.617. The van der Waals surface area contributed by atoms with Crippen molar-refractivity contribution in [1.29, 1.82) is 5.26 Å². The van der Waals surface area contributed by atoms with Crippen LogP contribution in [0.1, 0.15) is 40.4 Å². The van der Waals surface area contributed by atoms with Crippen LogP contribution in [0.15, 0.2) is 36.8 Å². The van der Waals surface area contributed by atoms with Gasteiger partial charge in [-0.05, 0) is 31.0 Å². The quantitative estimate of drug-likeness (QED) is 0.733. The number of carbonyl (C=O) groups is 1. The minimum Gasteiger partial charge on any atom is -0.451 e. The van der Waals surface area contributed by atoms with Crippen LogP contribution < -0.4 is 4.74 Å². The zero-order valence-electron chi connectivity index (χ0n) is 15.8. The van der Waals surface area contributed by atoms with Gasteiger partial charge in [-0.25, -0.2) is 4.39 Å². The van der Waals surface area contributed by atoms with Crippen molar-refractivity contribution in [3.8, 4) is 17.6 Å². The number of likely N-dealkylation sites (tertiary alicyclic amines) is 1. The molecule has 9 heteroatoms. The number of carbonyl (C=O) groups excluding carboxylic acids is 1. The van der Waals surface area contributed by atoms with E-state index >= 15 is 0 Å². The molecule has 1 N–H and O–H groups in total. The molecule has 0 bridgehead atoms. The predicted molar refractivity (Wildman–Crippen MR) is 101 cm³/mol. The van der Waals surface area contributed by atoms with Gasteiger partial charge in [0.15, 0.2) is 17.3 Å². The maximum Gasteiger partial charge on any atom is 0.257 e. The number of ether oxygens (including phenoxy) is 1. The smallest absolute Gasteiger partial charge is 0.257 e. The first-order valence-electron chi connectivity index (χ1n) is 9.24. The molecule has 0 spiro atoms. The molecular formula is C20H19FN6O2. The van der Waals surface area contributed by atoms with Gasteiger partial charge in [0.1, 0.15) is 0 Å². The Morgan fingerprint density at radius 2 is 2.24 bits per heavy atom. The highest BCUT2D eigenvalue weighted by atomic mass is 19.1. The van der Waals surface area contributed by atoms with Gasteiger partial charge < -0.3 is 9.64 Å². The van der Waals surface area contributed by atoms with E-state index in [4.69, 9.17) is 10.00 Å². The molecule has 1 aliphatic heterocycles. The van der Waals surface area contributed by atoms with Crippen LogP contribution in [0.4, 0.5) is 4.39 Å². The molecule has 4 rings (SSSR count). The lowest BCUT2D eigenvalue weighted by atomic mass is 9.94. The number of benzene rings is 1. The van der Waals surface area contributed by atoms with E-state index in [0.29, 0.717) is 24.4 Å². The fraction of sp³-hybridized carbons (Fsp3) is 0.300. The van der Waals surface area contributed by atoms with Crippen molar-refractivity contribution in [2.75, 3.05) is 13.1 Å². The van der Waals surface area contributed by atoms with Crippen molar-refractivity contribution in [3.05, 3.63) is 59.4 Å². The second-order valence-corrected chi connectivity index (χ2v) is 7.00. The first-order valence-corrected chi connectivity index (χ1v) is 9.24. The summed E-state index contributed by atoms with van der Waals surface area (Å²) in [6.45, 7) is 1.17. The molecule has 0 saturated carbocycles. The highest BCUT2D eigenvalue weighted by Gasteiger charge is 2.29. The Labute approximate surface area is 166 Å². The zero-order valence-corrected chi connectivity index (χ0v) is 15.8. The van der Waals surface area contributed by atoms with Gasteiger partial charge in [0, 0.05) is 32.3 Å². The number of aromatic amines is 1. The fourth-order valence-corrected chi connectivity index (χ4v) is 3.54. The average Bonchev–Trinajstić information content (AvgIpc) is 3.38. The van der Waals surface area contributed by atoms with Gasteiger partial charge in [0.25, 0.3) is 5.91 Å². The summed E-state index contributed by atoms with van der Waals surface area (Å²) >= 11 is 0.